The molecule has 3 nitrogen and oxygen atoms in total. The van der Waals surface area contributed by atoms with Gasteiger partial charge in [0.1, 0.15) is 11.6 Å². The molecule has 3 rings (SSSR count). The molecule has 0 saturated carbocycles. The number of nitrogens with one attached hydrogen (secondary N) is 1. The molecule has 3 aromatic rings. The van der Waals surface area contributed by atoms with Gasteiger partial charge in [0.25, 0.3) is 0 Å². The molecule has 1 aromatic heterocycles. The largest absolute Gasteiger partial charge is 0.351 e. The molecule has 0 radical (unpaired) electrons. The lowest BCUT2D eigenvalue weighted by Gasteiger charge is -2.04. The summed E-state index contributed by atoms with van der Waals surface area (Å²) in [4.78, 5) is 0. The maximum absolute atomic E-state index is 13.6. The van der Waals surface area contributed by atoms with Crippen LogP contribution >= 0.6 is 0 Å². The second kappa shape index (κ2) is 5.75. The molecule has 0 fully saturated rings. The van der Waals surface area contributed by atoms with Gasteiger partial charge in [-0.05, 0) is 17.7 Å². The summed E-state index contributed by atoms with van der Waals surface area (Å²) >= 11 is 0. The minimum absolute atomic E-state index is 0.218. The average Bonchev–Trinajstić information content (AvgIpc) is 2.90. The van der Waals surface area contributed by atoms with Crippen LogP contribution in [0.4, 0.5) is 20.2 Å². The Morgan fingerprint density at radius 1 is 1.05 bits per heavy atom. The number of nitrogens with zero attached hydrogens (tertiary/aromatic N) is 2. The molecule has 1 heterocycles. The highest BCUT2D eigenvalue weighted by atomic mass is 19.1. The fourth-order valence-corrected chi connectivity index (χ4v) is 2.03. The lowest BCUT2D eigenvalue weighted by molar-refractivity contribution is 0.586. The Morgan fingerprint density at radius 3 is 2.62 bits per heavy atom. The van der Waals surface area contributed by atoms with Crippen LogP contribution in [0.25, 0.3) is 0 Å². The van der Waals surface area contributed by atoms with Crippen molar-refractivity contribution in [1.29, 1.82) is 0 Å². The topological polar surface area (TPSA) is 29.9 Å². The molecule has 5 heteroatoms. The van der Waals surface area contributed by atoms with Crippen molar-refractivity contribution in [3.63, 3.8) is 0 Å². The monoisotopic (exact) mass is 285 g/mol. The average molecular weight is 285 g/mol. The van der Waals surface area contributed by atoms with Gasteiger partial charge >= 0.3 is 0 Å². The standard InChI is InChI=1S/C16H13F2N3/c17-13-6-7-16(15(18)8-13)20-14-9-19-21(11-14)10-12-4-2-1-3-5-12/h1-9,11,20H,10H2. The van der Waals surface area contributed by atoms with Crippen molar-refractivity contribution >= 4 is 11.4 Å². The van der Waals surface area contributed by atoms with Crippen molar-refractivity contribution in [3.8, 4) is 0 Å². The van der Waals surface area contributed by atoms with E-state index in [-0.39, 0.29) is 5.69 Å². The van der Waals surface area contributed by atoms with Crippen molar-refractivity contribution in [3.05, 3.63) is 78.1 Å². The maximum atomic E-state index is 13.6. The van der Waals surface area contributed by atoms with Crippen LogP contribution in [-0.2, 0) is 6.54 Å². The van der Waals surface area contributed by atoms with Gasteiger partial charge in [-0.25, -0.2) is 8.78 Å². The van der Waals surface area contributed by atoms with E-state index in [0.29, 0.717) is 12.2 Å². The third kappa shape index (κ3) is 3.25. The first-order valence-electron chi connectivity index (χ1n) is 6.49. The molecule has 1 N–H and O–H groups in total. The zero-order valence-corrected chi connectivity index (χ0v) is 11.1. The van der Waals surface area contributed by atoms with Gasteiger partial charge in [0.2, 0.25) is 0 Å². The number of hydrogen-bond acceptors (Lipinski definition) is 2. The maximum Gasteiger partial charge on any atom is 0.149 e. The predicted octanol–water partition coefficient (Wildman–Crippen LogP) is 3.95. The zero-order chi connectivity index (χ0) is 14.7. The van der Waals surface area contributed by atoms with Crippen molar-refractivity contribution in [1.82, 2.24) is 9.78 Å². The van der Waals surface area contributed by atoms with Gasteiger partial charge in [0, 0.05) is 12.3 Å². The van der Waals surface area contributed by atoms with E-state index in [0.717, 1.165) is 11.6 Å². The van der Waals surface area contributed by atoms with Gasteiger partial charge in [-0.15, -0.1) is 0 Å². The fourth-order valence-electron chi connectivity index (χ4n) is 2.03. The zero-order valence-electron chi connectivity index (χ0n) is 11.1. The highest BCUT2D eigenvalue weighted by Gasteiger charge is 2.05. The number of benzene rings is 2. The summed E-state index contributed by atoms with van der Waals surface area (Å²) in [6, 6.07) is 13.3. The molecular weight excluding hydrogens is 272 g/mol. The van der Waals surface area contributed by atoms with Gasteiger partial charge in [0.15, 0.2) is 0 Å². The smallest absolute Gasteiger partial charge is 0.149 e. The Hall–Kier alpha value is -2.69. The Kier molecular flexibility index (Phi) is 3.64. The van der Waals surface area contributed by atoms with Crippen LogP contribution in [0, 0.1) is 11.6 Å². The quantitative estimate of drug-likeness (QED) is 0.786. The second-order valence-electron chi connectivity index (χ2n) is 4.66. The molecule has 0 bridgehead atoms. The van der Waals surface area contributed by atoms with Gasteiger partial charge in [-0.1, -0.05) is 30.3 Å². The molecular formula is C16H13F2N3. The lowest BCUT2D eigenvalue weighted by Crippen LogP contribution is -1.99. The summed E-state index contributed by atoms with van der Waals surface area (Å²) in [5.41, 5.74) is 1.99. The molecule has 106 valence electrons. The van der Waals surface area contributed by atoms with Crippen molar-refractivity contribution in [2.24, 2.45) is 0 Å². The number of hydrogen-bond donors (Lipinski definition) is 1. The Morgan fingerprint density at radius 2 is 1.86 bits per heavy atom. The van der Waals surface area contributed by atoms with Crippen LogP contribution in [0.1, 0.15) is 5.56 Å². The third-order valence-electron chi connectivity index (χ3n) is 3.03. The summed E-state index contributed by atoms with van der Waals surface area (Å²) in [5.74, 6) is -1.23. The summed E-state index contributed by atoms with van der Waals surface area (Å²) < 4.78 is 28.2. The normalized spacial score (nSPS) is 10.6. The predicted molar refractivity (Wildman–Crippen MR) is 77.4 cm³/mol. The van der Waals surface area contributed by atoms with E-state index in [2.05, 4.69) is 10.4 Å². The fraction of sp³-hybridized carbons (Fsp3) is 0.0625. The van der Waals surface area contributed by atoms with Gasteiger partial charge in [0.05, 0.1) is 24.1 Å². The van der Waals surface area contributed by atoms with Crippen LogP contribution in [0.2, 0.25) is 0 Å². The summed E-state index contributed by atoms with van der Waals surface area (Å²) in [6.07, 6.45) is 3.38. The third-order valence-corrected chi connectivity index (χ3v) is 3.03. The van der Waals surface area contributed by atoms with E-state index in [9.17, 15) is 8.78 Å². The van der Waals surface area contributed by atoms with Crippen molar-refractivity contribution in [2.75, 3.05) is 5.32 Å². The molecule has 21 heavy (non-hydrogen) atoms. The molecule has 0 amide bonds. The molecule has 2 aromatic carbocycles. The molecule has 0 spiro atoms. The summed E-state index contributed by atoms with van der Waals surface area (Å²) in [5, 5.41) is 7.09. The van der Waals surface area contributed by atoms with Crippen molar-refractivity contribution in [2.45, 2.75) is 6.54 Å². The lowest BCUT2D eigenvalue weighted by atomic mass is 10.2. The van der Waals surface area contributed by atoms with E-state index >= 15 is 0 Å². The van der Waals surface area contributed by atoms with Crippen LogP contribution in [0.3, 0.4) is 0 Å². The molecule has 0 aliphatic carbocycles. The van der Waals surface area contributed by atoms with E-state index in [1.54, 1.807) is 17.1 Å². The Balaban J connectivity index is 1.73. The van der Waals surface area contributed by atoms with Crippen LogP contribution in [0.5, 0.6) is 0 Å². The Bertz CT molecular complexity index is 738. The Labute approximate surface area is 120 Å². The highest BCUT2D eigenvalue weighted by Crippen LogP contribution is 2.20. The van der Waals surface area contributed by atoms with E-state index in [1.807, 2.05) is 30.3 Å². The first kappa shape index (κ1) is 13.3. The highest BCUT2D eigenvalue weighted by molar-refractivity contribution is 5.58. The number of halogens is 2. The van der Waals surface area contributed by atoms with E-state index < -0.39 is 11.6 Å². The van der Waals surface area contributed by atoms with Gasteiger partial charge in [-0.3, -0.25) is 4.68 Å². The summed E-state index contributed by atoms with van der Waals surface area (Å²) in [7, 11) is 0. The molecule has 0 aliphatic rings. The van der Waals surface area contributed by atoms with Crippen LogP contribution in [-0.4, -0.2) is 9.78 Å². The van der Waals surface area contributed by atoms with Crippen molar-refractivity contribution < 1.29 is 8.78 Å². The number of aromatic nitrogens is 2. The first-order valence-corrected chi connectivity index (χ1v) is 6.49. The second-order valence-corrected chi connectivity index (χ2v) is 4.66. The molecule has 0 aliphatic heterocycles. The van der Waals surface area contributed by atoms with E-state index in [4.69, 9.17) is 0 Å². The summed E-state index contributed by atoms with van der Waals surface area (Å²) in [6.45, 7) is 0.633. The van der Waals surface area contributed by atoms with Crippen LogP contribution in [0.15, 0.2) is 60.9 Å². The molecule has 0 unspecified atom stereocenters. The van der Waals surface area contributed by atoms with Gasteiger partial charge in [-0.2, -0.15) is 5.10 Å². The molecule has 0 saturated heterocycles. The first-order chi connectivity index (χ1) is 10.2. The SMILES string of the molecule is Fc1ccc(Nc2cnn(Cc3ccccc3)c2)c(F)c1. The number of anilines is 2. The molecule has 0 atom stereocenters. The van der Waals surface area contributed by atoms with Gasteiger partial charge < -0.3 is 5.32 Å². The minimum Gasteiger partial charge on any atom is -0.351 e. The van der Waals surface area contributed by atoms with E-state index in [1.165, 1.54) is 12.1 Å². The number of rotatable bonds is 4. The minimum atomic E-state index is -0.634. The van der Waals surface area contributed by atoms with Crippen LogP contribution < -0.4 is 5.32 Å².